The van der Waals surface area contributed by atoms with Crippen LogP contribution in [0.2, 0.25) is 0 Å². The fraction of sp³-hybridized carbons (Fsp3) is 0.303. The number of amides is 1. The van der Waals surface area contributed by atoms with Crippen LogP contribution in [0, 0.1) is 19.7 Å². The van der Waals surface area contributed by atoms with Gasteiger partial charge in [-0.1, -0.05) is 17.7 Å². The molecule has 1 saturated heterocycles. The third-order valence-electron chi connectivity index (χ3n) is 8.90. The van der Waals surface area contributed by atoms with Crippen molar-refractivity contribution >= 4 is 22.6 Å². The van der Waals surface area contributed by atoms with Gasteiger partial charge in [-0.05, 0) is 82.5 Å². The summed E-state index contributed by atoms with van der Waals surface area (Å²) >= 11 is 0. The van der Waals surface area contributed by atoms with Gasteiger partial charge in [0.15, 0.2) is 11.6 Å². The minimum Gasteiger partial charge on any atom is -0.453 e. The van der Waals surface area contributed by atoms with Crippen molar-refractivity contribution in [1.29, 1.82) is 0 Å². The van der Waals surface area contributed by atoms with Gasteiger partial charge < -0.3 is 20.4 Å². The molecule has 1 spiro atoms. The Hall–Kier alpha value is -4.70. The number of ether oxygens (including phenoxy) is 1. The number of hydrogen-bond acceptors (Lipinski definition) is 5. The molecule has 2 aliphatic rings. The summed E-state index contributed by atoms with van der Waals surface area (Å²) in [5.41, 5.74) is 4.08. The highest BCUT2D eigenvalue weighted by molar-refractivity contribution is 6.05. The topological polar surface area (TPSA) is 106 Å². The molecule has 5 aromatic rings. The molecule has 0 radical (unpaired) electrons. The quantitative estimate of drug-likeness (QED) is 0.234. The molecule has 1 aliphatic heterocycles. The lowest BCUT2D eigenvalue weighted by atomic mass is 9.88. The molecule has 1 aliphatic carbocycles. The van der Waals surface area contributed by atoms with Crippen LogP contribution in [0.25, 0.3) is 16.7 Å². The van der Waals surface area contributed by atoms with Crippen LogP contribution in [-0.4, -0.2) is 37.3 Å². The summed E-state index contributed by atoms with van der Waals surface area (Å²) in [6.07, 6.45) is 6.24. The molecule has 1 amide bonds. The Morgan fingerprint density at radius 3 is 2.63 bits per heavy atom. The zero-order chi connectivity index (χ0) is 29.9. The summed E-state index contributed by atoms with van der Waals surface area (Å²) in [5.74, 6) is -0.327. The van der Waals surface area contributed by atoms with Crippen molar-refractivity contribution < 1.29 is 13.9 Å². The highest BCUT2D eigenvalue weighted by atomic mass is 19.1. The van der Waals surface area contributed by atoms with Gasteiger partial charge in [0.05, 0.1) is 16.8 Å². The van der Waals surface area contributed by atoms with Crippen LogP contribution in [0.1, 0.15) is 58.9 Å². The molecule has 220 valence electrons. The van der Waals surface area contributed by atoms with Gasteiger partial charge in [-0.2, -0.15) is 0 Å². The van der Waals surface area contributed by atoms with E-state index in [2.05, 4.69) is 26.7 Å². The van der Waals surface area contributed by atoms with Crippen LogP contribution in [0.4, 0.5) is 10.1 Å². The first-order valence-corrected chi connectivity index (χ1v) is 14.6. The van der Waals surface area contributed by atoms with Crippen molar-refractivity contribution in [2.45, 2.75) is 51.0 Å². The molecule has 2 aromatic carbocycles. The van der Waals surface area contributed by atoms with Crippen LogP contribution in [0.3, 0.4) is 0 Å². The predicted octanol–water partition coefficient (Wildman–Crippen LogP) is 5.85. The smallest absolute Gasteiger partial charge is 0.284 e. The normalized spacial score (nSPS) is 17.3. The van der Waals surface area contributed by atoms with E-state index in [4.69, 9.17) is 4.74 Å². The molecule has 43 heavy (non-hydrogen) atoms. The van der Waals surface area contributed by atoms with Crippen molar-refractivity contribution in [3.63, 3.8) is 0 Å². The number of nitrogens with zero attached hydrogens (tertiary/aromatic N) is 3. The Morgan fingerprint density at radius 2 is 1.88 bits per heavy atom. The molecule has 2 fully saturated rings. The molecule has 1 saturated carbocycles. The first-order chi connectivity index (χ1) is 20.7. The van der Waals surface area contributed by atoms with Gasteiger partial charge in [0.25, 0.3) is 11.5 Å². The van der Waals surface area contributed by atoms with Crippen molar-refractivity contribution in [2.24, 2.45) is 7.05 Å². The number of aromatic nitrogens is 4. The number of carbonyl (C=O) groups is 1. The number of H-pyrrole nitrogens is 1. The number of fused-ring (bicyclic) bond motifs is 1. The lowest BCUT2D eigenvalue weighted by molar-refractivity contribution is 0.102. The number of nitrogens with one attached hydrogen (secondary N) is 3. The lowest BCUT2D eigenvalue weighted by Crippen LogP contribution is -2.39. The van der Waals surface area contributed by atoms with Crippen LogP contribution < -0.4 is 20.9 Å². The summed E-state index contributed by atoms with van der Waals surface area (Å²) in [4.78, 5) is 34.4. The minimum atomic E-state index is -0.644. The average Bonchev–Trinajstić information content (AvgIpc) is 3.48. The van der Waals surface area contributed by atoms with Crippen molar-refractivity contribution in [1.82, 2.24) is 24.6 Å². The Kier molecular flexibility index (Phi) is 6.46. The van der Waals surface area contributed by atoms with E-state index in [-0.39, 0.29) is 17.0 Å². The summed E-state index contributed by atoms with van der Waals surface area (Å²) in [7, 11) is 1.72. The van der Waals surface area contributed by atoms with E-state index in [1.807, 2.05) is 31.2 Å². The Balaban J connectivity index is 1.10. The summed E-state index contributed by atoms with van der Waals surface area (Å²) in [6.45, 7) is 4.66. The maximum absolute atomic E-state index is 15.3. The predicted molar refractivity (Wildman–Crippen MR) is 163 cm³/mol. The van der Waals surface area contributed by atoms with Gasteiger partial charge in [0, 0.05) is 42.1 Å². The van der Waals surface area contributed by atoms with E-state index in [9.17, 15) is 9.59 Å². The van der Waals surface area contributed by atoms with E-state index >= 15 is 4.39 Å². The number of benzene rings is 2. The fourth-order valence-corrected chi connectivity index (χ4v) is 6.21. The summed E-state index contributed by atoms with van der Waals surface area (Å²) < 4.78 is 24.4. The van der Waals surface area contributed by atoms with E-state index in [1.54, 1.807) is 37.0 Å². The van der Waals surface area contributed by atoms with Crippen LogP contribution >= 0.6 is 0 Å². The number of halogens is 1. The maximum Gasteiger partial charge on any atom is 0.284 e. The van der Waals surface area contributed by atoms with Crippen LogP contribution in [-0.2, 0) is 7.05 Å². The number of carbonyl (C=O) groups excluding carboxylic acids is 1. The van der Waals surface area contributed by atoms with Gasteiger partial charge in [0.2, 0.25) is 0 Å². The number of piperidine rings is 1. The molecule has 9 nitrogen and oxygen atoms in total. The highest BCUT2D eigenvalue weighted by Crippen LogP contribution is 2.47. The molecule has 3 aromatic heterocycles. The molecule has 4 heterocycles. The zero-order valence-corrected chi connectivity index (χ0v) is 24.3. The molecule has 7 rings (SSSR count). The summed E-state index contributed by atoms with van der Waals surface area (Å²) in [5, 5.41) is 7.12. The van der Waals surface area contributed by atoms with E-state index in [0.29, 0.717) is 34.2 Å². The van der Waals surface area contributed by atoms with Gasteiger partial charge in [-0.25, -0.2) is 14.1 Å². The van der Waals surface area contributed by atoms with E-state index in [1.165, 1.54) is 29.7 Å². The number of aryl methyl sites for hydroxylation is 1. The summed E-state index contributed by atoms with van der Waals surface area (Å²) in [6, 6.07) is 15.5. The first kappa shape index (κ1) is 27.2. The van der Waals surface area contributed by atoms with E-state index in [0.717, 1.165) is 36.0 Å². The molecule has 3 N–H and O–H groups in total. The number of pyridine rings is 1. The van der Waals surface area contributed by atoms with Crippen molar-refractivity contribution in [3.8, 4) is 17.2 Å². The molecule has 10 heteroatoms. The van der Waals surface area contributed by atoms with Crippen molar-refractivity contribution in [2.75, 3.05) is 11.9 Å². The molecular weight excluding hydrogens is 547 g/mol. The molecule has 1 unspecified atom stereocenters. The number of anilines is 1. The molecular formula is C33H33FN6O3. The Bertz CT molecular complexity index is 1930. The number of aromatic amines is 1. The SMILES string of the molecule is Cc1ccc(-n2c(=O)c(C(=O)Nc3ccc(Oc4ccnc5[nH]c(C6CCNC7(CC7)C6)cc45)c(F)c3)c(C)n2C)cc1. The second kappa shape index (κ2) is 10.2. The third-order valence-corrected chi connectivity index (χ3v) is 8.90. The number of rotatable bonds is 6. The van der Waals surface area contributed by atoms with Crippen LogP contribution in [0.15, 0.2) is 65.6 Å². The lowest BCUT2D eigenvalue weighted by Gasteiger charge is -2.29. The first-order valence-electron chi connectivity index (χ1n) is 14.6. The standard InChI is InChI=1S/C33H33FN6O3/c1-19-4-7-23(8-5-19)40-32(42)29(20(2)39(40)3)31(41)37-22-6-9-28(25(34)16-22)43-27-11-14-35-30-24(27)17-26(38-30)21-10-15-36-33(18-21)12-13-33/h4-9,11,14,16-17,21,36H,10,12-13,15,18H2,1-3H3,(H,35,38)(H,37,41). The molecule has 0 bridgehead atoms. The second-order valence-corrected chi connectivity index (χ2v) is 11.8. The third kappa shape index (κ3) is 4.91. The van der Waals surface area contributed by atoms with Crippen molar-refractivity contribution in [3.05, 3.63) is 99.5 Å². The van der Waals surface area contributed by atoms with Gasteiger partial charge in [0.1, 0.15) is 17.0 Å². The average molecular weight is 581 g/mol. The monoisotopic (exact) mass is 580 g/mol. The zero-order valence-electron chi connectivity index (χ0n) is 24.3. The largest absolute Gasteiger partial charge is 0.453 e. The second-order valence-electron chi connectivity index (χ2n) is 11.8. The highest BCUT2D eigenvalue weighted by Gasteiger charge is 2.46. The fourth-order valence-electron chi connectivity index (χ4n) is 6.21. The Labute approximate surface area is 247 Å². The van der Waals surface area contributed by atoms with Crippen LogP contribution in [0.5, 0.6) is 11.5 Å². The molecule has 1 atom stereocenters. The van der Waals surface area contributed by atoms with E-state index < -0.39 is 17.3 Å². The van der Waals surface area contributed by atoms with Gasteiger partial charge in [-0.3, -0.25) is 14.3 Å². The minimum absolute atomic E-state index is 0.00685. The maximum atomic E-state index is 15.3. The van der Waals surface area contributed by atoms with Gasteiger partial charge in [-0.15, -0.1) is 0 Å². The Morgan fingerprint density at radius 1 is 1.09 bits per heavy atom. The van der Waals surface area contributed by atoms with Gasteiger partial charge >= 0.3 is 0 Å². The number of hydrogen-bond donors (Lipinski definition) is 3.